The maximum absolute atomic E-state index is 12.3. The number of morpholine rings is 1. The molecule has 1 fully saturated rings. The lowest BCUT2D eigenvalue weighted by molar-refractivity contribution is 0.0111. The predicted molar refractivity (Wildman–Crippen MR) is 83.7 cm³/mol. The molecule has 2 amide bonds. The Kier molecular flexibility index (Phi) is 6.24. The van der Waals surface area contributed by atoms with Gasteiger partial charge in [-0.3, -0.25) is 0 Å². The molecule has 1 aromatic heterocycles. The molecule has 1 aliphatic rings. The zero-order valence-electron chi connectivity index (χ0n) is 13.8. The molecule has 124 valence electrons. The molecule has 6 nitrogen and oxygen atoms in total. The van der Waals surface area contributed by atoms with Crippen molar-refractivity contribution in [3.05, 3.63) is 17.5 Å². The first-order chi connectivity index (χ1) is 10.7. The molecule has 22 heavy (non-hydrogen) atoms. The summed E-state index contributed by atoms with van der Waals surface area (Å²) in [7, 11) is 0. The molecule has 0 saturated carbocycles. The van der Waals surface area contributed by atoms with Gasteiger partial charge in [-0.05, 0) is 19.3 Å². The van der Waals surface area contributed by atoms with E-state index < -0.39 is 0 Å². The largest absolute Gasteiger partial charge is 0.377 e. The first kappa shape index (κ1) is 16.8. The molecular weight excluding hydrogens is 282 g/mol. The zero-order valence-corrected chi connectivity index (χ0v) is 13.8. The Morgan fingerprint density at radius 2 is 2.23 bits per heavy atom. The normalized spacial score (nSPS) is 18.7. The lowest BCUT2D eigenvalue weighted by atomic mass is 9.99. The van der Waals surface area contributed by atoms with Crippen LogP contribution in [-0.4, -0.2) is 41.9 Å². The maximum atomic E-state index is 12.3. The van der Waals surface area contributed by atoms with Crippen LogP contribution in [-0.2, 0) is 11.3 Å². The van der Waals surface area contributed by atoms with Crippen molar-refractivity contribution in [2.75, 3.05) is 19.8 Å². The number of carbonyl (C=O) groups is 1. The summed E-state index contributed by atoms with van der Waals surface area (Å²) in [6.07, 6.45) is 2.98. The van der Waals surface area contributed by atoms with Gasteiger partial charge >= 0.3 is 6.03 Å². The topological polar surface area (TPSA) is 67.6 Å². The molecule has 2 rings (SSSR count). The average molecular weight is 309 g/mol. The molecule has 1 aromatic rings. The number of hydrogen-bond acceptors (Lipinski definition) is 4. The van der Waals surface area contributed by atoms with Gasteiger partial charge in [0.1, 0.15) is 0 Å². The maximum Gasteiger partial charge on any atom is 0.318 e. The van der Waals surface area contributed by atoms with Gasteiger partial charge in [0.15, 0.2) is 5.76 Å². The highest BCUT2D eigenvalue weighted by Crippen LogP contribution is 2.22. The van der Waals surface area contributed by atoms with Crippen LogP contribution >= 0.6 is 0 Å². The van der Waals surface area contributed by atoms with Crippen molar-refractivity contribution >= 4 is 6.03 Å². The fourth-order valence-electron chi connectivity index (χ4n) is 2.84. The van der Waals surface area contributed by atoms with E-state index in [1.54, 1.807) is 0 Å². The highest BCUT2D eigenvalue weighted by molar-refractivity contribution is 5.74. The van der Waals surface area contributed by atoms with Crippen LogP contribution in [0.2, 0.25) is 0 Å². The van der Waals surface area contributed by atoms with Crippen LogP contribution in [0, 0.1) is 0 Å². The van der Waals surface area contributed by atoms with Crippen LogP contribution in [0.4, 0.5) is 4.79 Å². The third-order valence-electron chi connectivity index (χ3n) is 4.35. The summed E-state index contributed by atoms with van der Waals surface area (Å²) in [5.74, 6) is 1.13. The number of urea groups is 1. The van der Waals surface area contributed by atoms with Crippen LogP contribution in [0.15, 0.2) is 10.6 Å². The Balaban J connectivity index is 1.88. The smallest absolute Gasteiger partial charge is 0.318 e. The van der Waals surface area contributed by atoms with Crippen LogP contribution < -0.4 is 5.32 Å². The van der Waals surface area contributed by atoms with Crippen LogP contribution in [0.3, 0.4) is 0 Å². The second-order valence-corrected chi connectivity index (χ2v) is 5.72. The van der Waals surface area contributed by atoms with Crippen molar-refractivity contribution in [3.8, 4) is 0 Å². The van der Waals surface area contributed by atoms with Crippen molar-refractivity contribution in [2.45, 2.75) is 58.5 Å². The quantitative estimate of drug-likeness (QED) is 0.877. The Labute approximate surface area is 132 Å². The Bertz CT molecular complexity index is 471. The molecule has 6 heteroatoms. The standard InChI is InChI=1S/C16H27N3O3/c1-4-12(5-2)15-9-14(22-18-15)10-17-16(20)19-7-8-21-11-13(19)6-3/h9,12-13H,4-8,10-11H2,1-3H3,(H,17,20). The van der Waals surface area contributed by atoms with Gasteiger partial charge in [-0.1, -0.05) is 25.9 Å². The van der Waals surface area contributed by atoms with Crippen molar-refractivity contribution in [1.29, 1.82) is 0 Å². The van der Waals surface area contributed by atoms with Gasteiger partial charge in [-0.15, -0.1) is 0 Å². The summed E-state index contributed by atoms with van der Waals surface area (Å²) in [5.41, 5.74) is 0.979. The lowest BCUT2D eigenvalue weighted by Gasteiger charge is -2.34. The fourth-order valence-corrected chi connectivity index (χ4v) is 2.84. The molecule has 0 radical (unpaired) electrons. The number of carbonyl (C=O) groups excluding carboxylic acids is 1. The SMILES string of the molecule is CCC(CC)c1cc(CNC(=O)N2CCOCC2CC)on1. The van der Waals surface area contributed by atoms with Gasteiger partial charge in [0, 0.05) is 18.5 Å². The van der Waals surface area contributed by atoms with Crippen LogP contribution in [0.5, 0.6) is 0 Å². The predicted octanol–water partition coefficient (Wildman–Crippen LogP) is 2.90. The van der Waals surface area contributed by atoms with Crippen molar-refractivity contribution < 1.29 is 14.1 Å². The Hall–Kier alpha value is -1.56. The second-order valence-electron chi connectivity index (χ2n) is 5.72. The number of nitrogens with one attached hydrogen (secondary N) is 1. The summed E-state index contributed by atoms with van der Waals surface area (Å²) in [6.45, 7) is 8.59. The molecule has 0 aliphatic carbocycles. The van der Waals surface area contributed by atoms with Gasteiger partial charge in [0.05, 0.1) is 31.5 Å². The first-order valence-corrected chi connectivity index (χ1v) is 8.27. The molecule has 1 aliphatic heterocycles. The number of nitrogens with zero attached hydrogens (tertiary/aromatic N) is 2. The molecule has 0 spiro atoms. The monoisotopic (exact) mass is 309 g/mol. The zero-order chi connectivity index (χ0) is 15.9. The van der Waals surface area contributed by atoms with Gasteiger partial charge in [-0.2, -0.15) is 0 Å². The third-order valence-corrected chi connectivity index (χ3v) is 4.35. The van der Waals surface area contributed by atoms with E-state index in [4.69, 9.17) is 9.26 Å². The Morgan fingerprint density at radius 1 is 1.45 bits per heavy atom. The van der Waals surface area contributed by atoms with Crippen molar-refractivity contribution in [2.24, 2.45) is 0 Å². The number of ether oxygens (including phenoxy) is 1. The molecular formula is C16H27N3O3. The van der Waals surface area contributed by atoms with E-state index in [9.17, 15) is 4.79 Å². The van der Waals surface area contributed by atoms with E-state index in [-0.39, 0.29) is 12.1 Å². The van der Waals surface area contributed by atoms with Gasteiger partial charge in [0.25, 0.3) is 0 Å². The van der Waals surface area contributed by atoms with E-state index in [1.165, 1.54) is 0 Å². The number of rotatable bonds is 6. The molecule has 1 unspecified atom stereocenters. The van der Waals surface area contributed by atoms with Gasteiger partial charge in [-0.25, -0.2) is 4.79 Å². The summed E-state index contributed by atoms with van der Waals surface area (Å²) >= 11 is 0. The average Bonchev–Trinajstić information content (AvgIpc) is 3.02. The van der Waals surface area contributed by atoms with E-state index >= 15 is 0 Å². The van der Waals surface area contributed by atoms with Gasteiger partial charge in [0.2, 0.25) is 0 Å². The molecule has 0 aromatic carbocycles. The summed E-state index contributed by atoms with van der Waals surface area (Å²) < 4.78 is 10.8. The van der Waals surface area contributed by atoms with Crippen molar-refractivity contribution in [1.82, 2.24) is 15.4 Å². The highest BCUT2D eigenvalue weighted by atomic mass is 16.5. The minimum atomic E-state index is -0.0596. The summed E-state index contributed by atoms with van der Waals surface area (Å²) in [5, 5.41) is 7.04. The van der Waals surface area contributed by atoms with Gasteiger partial charge < -0.3 is 19.5 Å². The molecule has 1 atom stereocenters. The van der Waals surface area contributed by atoms with E-state index in [2.05, 4.69) is 31.2 Å². The summed E-state index contributed by atoms with van der Waals surface area (Å²) in [6, 6.07) is 2.05. The third kappa shape index (κ3) is 4.00. The summed E-state index contributed by atoms with van der Waals surface area (Å²) in [4.78, 5) is 14.1. The first-order valence-electron chi connectivity index (χ1n) is 8.27. The second kappa shape index (κ2) is 8.17. The molecule has 2 heterocycles. The highest BCUT2D eigenvalue weighted by Gasteiger charge is 2.26. The minimum Gasteiger partial charge on any atom is -0.377 e. The Morgan fingerprint density at radius 3 is 2.91 bits per heavy atom. The minimum absolute atomic E-state index is 0.0596. The van der Waals surface area contributed by atoms with E-state index in [1.807, 2.05) is 11.0 Å². The molecule has 1 saturated heterocycles. The number of amides is 2. The number of hydrogen-bond donors (Lipinski definition) is 1. The van der Waals surface area contributed by atoms with E-state index in [0.29, 0.717) is 38.0 Å². The van der Waals surface area contributed by atoms with Crippen LogP contribution in [0.25, 0.3) is 0 Å². The lowest BCUT2D eigenvalue weighted by Crippen LogP contribution is -2.52. The fraction of sp³-hybridized carbons (Fsp3) is 0.750. The van der Waals surface area contributed by atoms with Crippen molar-refractivity contribution in [3.63, 3.8) is 0 Å². The van der Waals surface area contributed by atoms with Crippen LogP contribution in [0.1, 0.15) is 57.4 Å². The molecule has 0 bridgehead atoms. The van der Waals surface area contributed by atoms with E-state index in [0.717, 1.165) is 25.0 Å². The molecule has 1 N–H and O–H groups in total. The number of aromatic nitrogens is 1.